The summed E-state index contributed by atoms with van der Waals surface area (Å²) in [4.78, 5) is 16.6. The van der Waals surface area contributed by atoms with Crippen molar-refractivity contribution in [3.05, 3.63) is 70.7 Å². The lowest BCUT2D eigenvalue weighted by Crippen LogP contribution is -2.19. The van der Waals surface area contributed by atoms with Crippen molar-refractivity contribution in [3.63, 3.8) is 0 Å². The number of carbonyl (C=O) groups excluding carboxylic acids is 1. The molecule has 1 atom stereocenters. The van der Waals surface area contributed by atoms with Gasteiger partial charge in [0.15, 0.2) is 6.23 Å². The van der Waals surface area contributed by atoms with Gasteiger partial charge in [-0.25, -0.2) is 4.99 Å². The van der Waals surface area contributed by atoms with Crippen molar-refractivity contribution in [3.8, 4) is 5.75 Å². The zero-order valence-electron chi connectivity index (χ0n) is 22.6. The van der Waals surface area contributed by atoms with Gasteiger partial charge in [0.2, 0.25) is 11.0 Å². The molecule has 11 heteroatoms. The number of aliphatic hydroxyl groups excluding tert-OH is 2. The molecule has 1 aromatic heterocycles. The minimum absolute atomic E-state index is 0.0730. The predicted octanol–water partition coefficient (Wildman–Crippen LogP) is 3.91. The molecule has 0 aliphatic rings. The number of amidine groups is 1. The van der Waals surface area contributed by atoms with Crippen molar-refractivity contribution in [1.82, 2.24) is 10.2 Å². The number of amides is 1. The van der Waals surface area contributed by atoms with Crippen molar-refractivity contribution in [2.75, 3.05) is 18.5 Å². The van der Waals surface area contributed by atoms with Crippen LogP contribution in [0.25, 0.3) is 0 Å². The second-order valence-corrected chi connectivity index (χ2v) is 10.5. The summed E-state index contributed by atoms with van der Waals surface area (Å²) in [5.74, 6) is 0.842. The summed E-state index contributed by atoms with van der Waals surface area (Å²) in [7, 11) is 0. The van der Waals surface area contributed by atoms with Crippen LogP contribution >= 0.6 is 11.3 Å². The molecule has 0 aliphatic carbocycles. The van der Waals surface area contributed by atoms with Gasteiger partial charge in [-0.05, 0) is 48.9 Å². The molecule has 0 aliphatic heterocycles. The van der Waals surface area contributed by atoms with Crippen molar-refractivity contribution < 1.29 is 19.7 Å². The van der Waals surface area contributed by atoms with Gasteiger partial charge in [-0.1, -0.05) is 53.8 Å². The van der Waals surface area contributed by atoms with Gasteiger partial charge in [-0.15, -0.1) is 10.2 Å². The number of unbranched alkanes of at least 4 members (excludes halogenated alkanes) is 1. The van der Waals surface area contributed by atoms with E-state index in [4.69, 9.17) is 21.0 Å². The number of benzene rings is 2. The van der Waals surface area contributed by atoms with Gasteiger partial charge in [0.25, 0.3) is 0 Å². The molecule has 0 saturated heterocycles. The molecule has 1 unspecified atom stereocenters. The highest BCUT2D eigenvalue weighted by molar-refractivity contribution is 7.15. The van der Waals surface area contributed by atoms with Crippen molar-refractivity contribution in [2.24, 2.45) is 10.7 Å². The number of aliphatic imine (C=N–C) groups is 1. The van der Waals surface area contributed by atoms with Gasteiger partial charge in [-0.3, -0.25) is 4.79 Å². The first-order valence-corrected chi connectivity index (χ1v) is 14.3. The maximum Gasteiger partial charge on any atom is 0.230 e. The number of aliphatic hydroxyl groups is 2. The highest BCUT2D eigenvalue weighted by Crippen LogP contribution is 2.19. The fourth-order valence-electron chi connectivity index (χ4n) is 3.90. The van der Waals surface area contributed by atoms with Crippen molar-refractivity contribution in [2.45, 2.75) is 64.0 Å². The zero-order chi connectivity index (χ0) is 28.6. The number of aryl methyl sites for hydroxylation is 1. The summed E-state index contributed by atoms with van der Waals surface area (Å²) in [6.07, 6.45) is 4.31. The standard InChI is InChI=1S/C29H38N6O4S/c30-23(14-15-25(31)32-26(37)19-21-8-2-1-3-9-21)11-4-5-13-28-34-35-29(40-28)33-27(38)20-22-10-6-12-24(18-22)39-17-7-16-36/h1-3,6,8-10,12,18,26,30,36-37H,4-5,7,11,13-17,19-20H2,(H2,31,32)(H,33,35,38). The Morgan fingerprint density at radius 2 is 1.85 bits per heavy atom. The van der Waals surface area contributed by atoms with Crippen LogP contribution in [-0.4, -0.2) is 57.3 Å². The van der Waals surface area contributed by atoms with E-state index in [0.717, 1.165) is 35.4 Å². The number of nitrogens with two attached hydrogens (primary N) is 1. The minimum atomic E-state index is -0.883. The SMILES string of the molecule is N=C(CCCCc1nnc(NC(=O)Cc2cccc(OCCCO)c2)s1)CCC(N)=NC(O)Cc1ccccc1. The molecule has 0 bridgehead atoms. The minimum Gasteiger partial charge on any atom is -0.493 e. The van der Waals surface area contributed by atoms with Crippen LogP contribution in [0.3, 0.4) is 0 Å². The van der Waals surface area contributed by atoms with Gasteiger partial charge in [-0.2, -0.15) is 0 Å². The largest absolute Gasteiger partial charge is 0.493 e. The molecule has 10 nitrogen and oxygen atoms in total. The number of aromatic nitrogens is 2. The molecule has 6 N–H and O–H groups in total. The third kappa shape index (κ3) is 12.0. The van der Waals surface area contributed by atoms with Crippen LogP contribution in [0.1, 0.15) is 54.7 Å². The van der Waals surface area contributed by atoms with E-state index in [0.29, 0.717) is 61.1 Å². The molecule has 40 heavy (non-hydrogen) atoms. The maximum absolute atomic E-state index is 12.4. The number of nitrogens with one attached hydrogen (secondary N) is 2. The molecule has 1 amide bonds. The van der Waals surface area contributed by atoms with E-state index >= 15 is 0 Å². The third-order valence-corrected chi connectivity index (χ3v) is 6.82. The Morgan fingerprint density at radius 3 is 2.65 bits per heavy atom. The number of ether oxygens (including phenoxy) is 1. The smallest absolute Gasteiger partial charge is 0.230 e. The molecule has 3 rings (SSSR count). The fourth-order valence-corrected chi connectivity index (χ4v) is 4.70. The van der Waals surface area contributed by atoms with Gasteiger partial charge in [0.1, 0.15) is 10.8 Å². The number of nitrogens with zero attached hydrogens (tertiary/aromatic N) is 3. The summed E-state index contributed by atoms with van der Waals surface area (Å²) < 4.78 is 5.56. The van der Waals surface area contributed by atoms with E-state index in [9.17, 15) is 9.90 Å². The van der Waals surface area contributed by atoms with Crippen LogP contribution < -0.4 is 15.8 Å². The normalized spacial score (nSPS) is 12.2. The monoisotopic (exact) mass is 566 g/mol. The van der Waals surface area contributed by atoms with Crippen LogP contribution in [-0.2, 0) is 24.1 Å². The van der Waals surface area contributed by atoms with Crippen LogP contribution in [0.4, 0.5) is 5.13 Å². The van der Waals surface area contributed by atoms with E-state index < -0.39 is 6.23 Å². The lowest BCUT2D eigenvalue weighted by Gasteiger charge is -2.08. The highest BCUT2D eigenvalue weighted by Gasteiger charge is 2.11. The van der Waals surface area contributed by atoms with Gasteiger partial charge in [0, 0.05) is 38.0 Å². The van der Waals surface area contributed by atoms with E-state index in [2.05, 4.69) is 20.5 Å². The Kier molecular flexibility index (Phi) is 13.2. The first-order chi connectivity index (χ1) is 19.4. The summed E-state index contributed by atoms with van der Waals surface area (Å²) in [5, 5.41) is 39.5. The van der Waals surface area contributed by atoms with E-state index in [-0.39, 0.29) is 18.9 Å². The van der Waals surface area contributed by atoms with Gasteiger partial charge < -0.3 is 31.4 Å². The molecule has 3 aromatic rings. The second kappa shape index (κ2) is 17.1. The zero-order valence-corrected chi connectivity index (χ0v) is 23.4. The molecule has 2 aromatic carbocycles. The third-order valence-electron chi connectivity index (χ3n) is 5.93. The quantitative estimate of drug-likeness (QED) is 0.0884. The predicted molar refractivity (Wildman–Crippen MR) is 158 cm³/mol. The Bertz CT molecular complexity index is 1230. The molecular weight excluding hydrogens is 528 g/mol. The Labute approximate surface area is 238 Å². The Morgan fingerprint density at radius 1 is 1.05 bits per heavy atom. The summed E-state index contributed by atoms with van der Waals surface area (Å²) in [6, 6.07) is 17.0. The lowest BCUT2D eigenvalue weighted by atomic mass is 10.1. The van der Waals surface area contributed by atoms with Crippen molar-refractivity contribution in [1.29, 1.82) is 5.41 Å². The maximum atomic E-state index is 12.4. The molecule has 214 valence electrons. The molecule has 0 saturated carbocycles. The van der Waals surface area contributed by atoms with Gasteiger partial charge in [0.05, 0.1) is 18.9 Å². The summed E-state index contributed by atoms with van der Waals surface area (Å²) in [5.41, 5.74) is 8.37. The van der Waals surface area contributed by atoms with Crippen LogP contribution in [0.5, 0.6) is 5.75 Å². The molecule has 0 fully saturated rings. The van der Waals surface area contributed by atoms with E-state index in [1.807, 2.05) is 54.6 Å². The van der Waals surface area contributed by atoms with Gasteiger partial charge >= 0.3 is 0 Å². The number of hydrogen-bond donors (Lipinski definition) is 5. The molecule has 0 spiro atoms. The number of rotatable bonds is 18. The average Bonchev–Trinajstić information content (AvgIpc) is 3.37. The van der Waals surface area contributed by atoms with E-state index in [1.54, 1.807) is 0 Å². The highest BCUT2D eigenvalue weighted by atomic mass is 32.1. The first kappa shape index (κ1) is 30.9. The van der Waals surface area contributed by atoms with Crippen molar-refractivity contribution >= 4 is 33.9 Å². The van der Waals surface area contributed by atoms with Crippen LogP contribution in [0.15, 0.2) is 59.6 Å². The number of hydrogen-bond acceptors (Lipinski definition) is 9. The second-order valence-electron chi connectivity index (χ2n) is 9.40. The van der Waals surface area contributed by atoms with Crippen LogP contribution in [0, 0.1) is 5.41 Å². The number of anilines is 1. The van der Waals surface area contributed by atoms with Crippen LogP contribution in [0.2, 0.25) is 0 Å². The fraction of sp³-hybridized carbons (Fsp3) is 0.414. The Balaban J connectivity index is 1.30. The van der Waals surface area contributed by atoms with E-state index in [1.165, 1.54) is 11.3 Å². The Hall–Kier alpha value is -3.67. The average molecular weight is 567 g/mol. The molecule has 0 radical (unpaired) electrons. The topological polar surface area (TPSA) is 167 Å². The molecular formula is C29H38N6O4S. The first-order valence-electron chi connectivity index (χ1n) is 13.5. The summed E-state index contributed by atoms with van der Waals surface area (Å²) >= 11 is 1.36. The number of carbonyl (C=O) groups is 1. The lowest BCUT2D eigenvalue weighted by molar-refractivity contribution is -0.115. The molecule has 1 heterocycles. The summed E-state index contributed by atoms with van der Waals surface area (Å²) in [6.45, 7) is 0.495.